The van der Waals surface area contributed by atoms with Gasteiger partial charge in [0.05, 0.1) is 11.8 Å². The third-order valence-corrected chi connectivity index (χ3v) is 4.31. The SMILES string of the molecule is CN(C)C1CCN(CC(C(=N)N)c2ccccc2)CC1. The summed E-state index contributed by atoms with van der Waals surface area (Å²) in [4.78, 5) is 4.76. The Morgan fingerprint density at radius 3 is 2.40 bits per heavy atom. The van der Waals surface area contributed by atoms with Crippen molar-refractivity contribution < 1.29 is 0 Å². The van der Waals surface area contributed by atoms with Crippen LogP contribution in [0.4, 0.5) is 0 Å². The maximum absolute atomic E-state index is 7.86. The molecule has 2 rings (SSSR count). The van der Waals surface area contributed by atoms with Gasteiger partial charge in [-0.05, 0) is 45.6 Å². The van der Waals surface area contributed by atoms with Crippen LogP contribution in [-0.4, -0.2) is 55.4 Å². The molecule has 4 nitrogen and oxygen atoms in total. The first-order valence-electron chi connectivity index (χ1n) is 7.35. The van der Waals surface area contributed by atoms with E-state index in [0.717, 1.165) is 25.2 Å². The molecule has 1 saturated heterocycles. The van der Waals surface area contributed by atoms with Gasteiger partial charge in [-0.25, -0.2) is 0 Å². The molecule has 4 heteroatoms. The number of piperidine rings is 1. The molecule has 0 radical (unpaired) electrons. The van der Waals surface area contributed by atoms with Crippen molar-refractivity contribution in [1.29, 1.82) is 5.41 Å². The van der Waals surface area contributed by atoms with Crippen molar-refractivity contribution in [2.24, 2.45) is 5.73 Å². The highest BCUT2D eigenvalue weighted by molar-refractivity contribution is 5.84. The minimum absolute atomic E-state index is 0.0205. The van der Waals surface area contributed by atoms with Crippen molar-refractivity contribution >= 4 is 5.84 Å². The molecule has 1 aliphatic heterocycles. The van der Waals surface area contributed by atoms with E-state index in [1.165, 1.54) is 12.8 Å². The number of benzene rings is 1. The van der Waals surface area contributed by atoms with E-state index in [1.54, 1.807) is 0 Å². The largest absolute Gasteiger partial charge is 0.387 e. The minimum atomic E-state index is 0.0205. The molecule has 1 heterocycles. The van der Waals surface area contributed by atoms with Gasteiger partial charge in [0.1, 0.15) is 0 Å². The molecule has 3 N–H and O–H groups in total. The highest BCUT2D eigenvalue weighted by Crippen LogP contribution is 2.20. The van der Waals surface area contributed by atoms with Crippen molar-refractivity contribution in [3.63, 3.8) is 0 Å². The lowest BCUT2D eigenvalue weighted by Gasteiger charge is -2.36. The Morgan fingerprint density at radius 1 is 1.30 bits per heavy atom. The van der Waals surface area contributed by atoms with Crippen molar-refractivity contribution in [3.05, 3.63) is 35.9 Å². The molecule has 0 bridgehead atoms. The summed E-state index contributed by atoms with van der Waals surface area (Å²) in [5.41, 5.74) is 6.96. The Bertz CT molecular complexity index is 421. The number of hydrogen-bond donors (Lipinski definition) is 2. The summed E-state index contributed by atoms with van der Waals surface area (Å²) < 4.78 is 0. The fraction of sp³-hybridized carbons (Fsp3) is 0.562. The second-order valence-electron chi connectivity index (χ2n) is 5.91. The molecule has 0 saturated carbocycles. The van der Waals surface area contributed by atoms with Gasteiger partial charge >= 0.3 is 0 Å². The summed E-state index contributed by atoms with van der Waals surface area (Å²) in [7, 11) is 4.31. The van der Waals surface area contributed by atoms with Crippen LogP contribution in [0.15, 0.2) is 30.3 Å². The van der Waals surface area contributed by atoms with Gasteiger partial charge in [0.25, 0.3) is 0 Å². The maximum atomic E-state index is 7.86. The molecule has 0 aliphatic carbocycles. The molecule has 1 atom stereocenters. The number of nitrogens with two attached hydrogens (primary N) is 1. The Kier molecular flexibility index (Phi) is 5.15. The standard InChI is InChI=1S/C16H26N4/c1-19(2)14-8-10-20(11-9-14)12-15(16(17)18)13-6-4-3-5-7-13/h3-7,14-15H,8-12H2,1-2H3,(H3,17,18). The summed E-state index contributed by atoms with van der Waals surface area (Å²) in [6.45, 7) is 3.05. The first-order valence-corrected chi connectivity index (χ1v) is 7.35. The molecule has 0 amide bonds. The topological polar surface area (TPSA) is 56.4 Å². The third-order valence-electron chi connectivity index (χ3n) is 4.31. The highest BCUT2D eigenvalue weighted by atomic mass is 15.2. The lowest BCUT2D eigenvalue weighted by Crippen LogP contribution is -2.44. The number of likely N-dealkylation sites (tertiary alicyclic amines) is 1. The summed E-state index contributed by atoms with van der Waals surface area (Å²) in [6.07, 6.45) is 2.40. The van der Waals surface area contributed by atoms with Crippen molar-refractivity contribution in [2.75, 3.05) is 33.7 Å². The van der Waals surface area contributed by atoms with E-state index in [-0.39, 0.29) is 11.8 Å². The average Bonchev–Trinajstić information content (AvgIpc) is 2.46. The maximum Gasteiger partial charge on any atom is 0.0995 e. The predicted molar refractivity (Wildman–Crippen MR) is 84.2 cm³/mol. The number of hydrogen-bond acceptors (Lipinski definition) is 3. The summed E-state index contributed by atoms with van der Waals surface area (Å²) >= 11 is 0. The van der Waals surface area contributed by atoms with Gasteiger partial charge in [0, 0.05) is 12.6 Å². The van der Waals surface area contributed by atoms with Crippen molar-refractivity contribution in [3.8, 4) is 0 Å². The number of nitrogens with one attached hydrogen (secondary N) is 1. The van der Waals surface area contributed by atoms with Crippen LogP contribution in [-0.2, 0) is 0 Å². The second-order valence-corrected chi connectivity index (χ2v) is 5.91. The van der Waals surface area contributed by atoms with Crippen molar-refractivity contribution in [1.82, 2.24) is 9.80 Å². The quantitative estimate of drug-likeness (QED) is 0.635. The molecule has 20 heavy (non-hydrogen) atoms. The minimum Gasteiger partial charge on any atom is -0.387 e. The van der Waals surface area contributed by atoms with Crippen LogP contribution in [0.3, 0.4) is 0 Å². The predicted octanol–water partition coefficient (Wildman–Crippen LogP) is 1.73. The van der Waals surface area contributed by atoms with E-state index in [4.69, 9.17) is 11.1 Å². The fourth-order valence-corrected chi connectivity index (χ4v) is 2.95. The fourth-order valence-electron chi connectivity index (χ4n) is 2.95. The number of amidine groups is 1. The van der Waals surface area contributed by atoms with Crippen LogP contribution in [0.1, 0.15) is 24.3 Å². The molecular weight excluding hydrogens is 248 g/mol. The zero-order chi connectivity index (χ0) is 14.5. The molecule has 0 aromatic heterocycles. The van der Waals surface area contributed by atoms with Crippen LogP contribution in [0.2, 0.25) is 0 Å². The molecule has 1 aromatic rings. The van der Waals surface area contributed by atoms with Gasteiger partial charge < -0.3 is 15.5 Å². The molecule has 1 aliphatic rings. The van der Waals surface area contributed by atoms with Crippen LogP contribution in [0, 0.1) is 5.41 Å². The van der Waals surface area contributed by atoms with E-state index in [0.29, 0.717) is 6.04 Å². The van der Waals surface area contributed by atoms with Gasteiger partial charge in [-0.3, -0.25) is 5.41 Å². The number of rotatable bonds is 5. The van der Waals surface area contributed by atoms with Gasteiger partial charge in [-0.2, -0.15) is 0 Å². The molecule has 1 aromatic carbocycles. The van der Waals surface area contributed by atoms with Crippen LogP contribution in [0.25, 0.3) is 0 Å². The Balaban J connectivity index is 1.95. The highest BCUT2D eigenvalue weighted by Gasteiger charge is 2.24. The second kappa shape index (κ2) is 6.86. The van der Waals surface area contributed by atoms with Gasteiger partial charge in [0.15, 0.2) is 0 Å². The lowest BCUT2D eigenvalue weighted by molar-refractivity contribution is 0.144. The Hall–Kier alpha value is -1.39. The summed E-state index contributed by atoms with van der Waals surface area (Å²) in [5, 5.41) is 7.86. The smallest absolute Gasteiger partial charge is 0.0995 e. The monoisotopic (exact) mass is 274 g/mol. The molecule has 1 unspecified atom stereocenters. The van der Waals surface area contributed by atoms with E-state index >= 15 is 0 Å². The van der Waals surface area contributed by atoms with E-state index < -0.39 is 0 Å². The summed E-state index contributed by atoms with van der Waals surface area (Å²) in [6, 6.07) is 10.9. The molecular formula is C16H26N4. The summed E-state index contributed by atoms with van der Waals surface area (Å²) in [5.74, 6) is 0.290. The van der Waals surface area contributed by atoms with E-state index in [1.807, 2.05) is 18.2 Å². The van der Waals surface area contributed by atoms with Gasteiger partial charge in [0.2, 0.25) is 0 Å². The van der Waals surface area contributed by atoms with E-state index in [9.17, 15) is 0 Å². The van der Waals surface area contributed by atoms with Crippen molar-refractivity contribution in [2.45, 2.75) is 24.8 Å². The number of nitrogens with zero attached hydrogens (tertiary/aromatic N) is 2. The van der Waals surface area contributed by atoms with E-state index in [2.05, 4.69) is 36.0 Å². The Labute approximate surface area is 122 Å². The molecule has 1 fully saturated rings. The molecule has 0 spiro atoms. The van der Waals surface area contributed by atoms with Gasteiger partial charge in [-0.1, -0.05) is 30.3 Å². The first kappa shape index (κ1) is 15.0. The van der Waals surface area contributed by atoms with Crippen LogP contribution >= 0.6 is 0 Å². The van der Waals surface area contributed by atoms with Crippen LogP contribution < -0.4 is 5.73 Å². The average molecular weight is 274 g/mol. The lowest BCUT2D eigenvalue weighted by atomic mass is 9.95. The zero-order valence-corrected chi connectivity index (χ0v) is 12.5. The first-order chi connectivity index (χ1) is 9.58. The normalized spacial score (nSPS) is 19.1. The molecule has 110 valence electrons. The zero-order valence-electron chi connectivity index (χ0n) is 12.5. The third kappa shape index (κ3) is 3.81. The van der Waals surface area contributed by atoms with Gasteiger partial charge in [-0.15, -0.1) is 0 Å². The Morgan fingerprint density at radius 2 is 1.90 bits per heavy atom. The van der Waals surface area contributed by atoms with Crippen LogP contribution in [0.5, 0.6) is 0 Å².